The summed E-state index contributed by atoms with van der Waals surface area (Å²) in [5, 5.41) is 6.20. The summed E-state index contributed by atoms with van der Waals surface area (Å²) in [5.41, 5.74) is 2.60. The van der Waals surface area contributed by atoms with Crippen molar-refractivity contribution in [2.45, 2.75) is 0 Å². The highest BCUT2D eigenvalue weighted by molar-refractivity contribution is 5.97. The Kier molecular flexibility index (Phi) is 5.95. The molecular formula is C16H17N3O5. The van der Waals surface area contributed by atoms with Gasteiger partial charge < -0.3 is 19.2 Å². The average molecular weight is 331 g/mol. The van der Waals surface area contributed by atoms with Crippen LogP contribution < -0.4 is 20.2 Å². The second-order valence-electron chi connectivity index (χ2n) is 4.59. The number of nitrogens with zero attached hydrogens (tertiary/aromatic N) is 1. The molecule has 2 amide bonds. The van der Waals surface area contributed by atoms with Crippen LogP contribution in [-0.2, 0) is 4.79 Å². The smallest absolute Gasteiger partial charge is 0.259 e. The lowest BCUT2D eigenvalue weighted by atomic mass is 10.2. The van der Waals surface area contributed by atoms with E-state index in [1.807, 2.05) is 0 Å². The quantitative estimate of drug-likeness (QED) is 0.586. The van der Waals surface area contributed by atoms with E-state index in [9.17, 15) is 9.59 Å². The molecular weight excluding hydrogens is 314 g/mol. The van der Waals surface area contributed by atoms with Crippen LogP contribution in [0.15, 0.2) is 46.1 Å². The van der Waals surface area contributed by atoms with Crippen molar-refractivity contribution in [3.05, 3.63) is 47.9 Å². The number of hydrogen-bond donors (Lipinski definition) is 2. The number of amides is 2. The standard InChI is InChI=1S/C16H17N3O5/c1-22-13-6-11(7-14(8-13)23-2)16(21)17-10-15(20)19-18-9-12-4-3-5-24-12/h3-9H,10H2,1-2H3,(H,17,21)(H,19,20)/b18-9-. The first-order valence-electron chi connectivity index (χ1n) is 6.99. The van der Waals surface area contributed by atoms with Gasteiger partial charge in [0.15, 0.2) is 0 Å². The summed E-state index contributed by atoms with van der Waals surface area (Å²) >= 11 is 0. The number of carbonyl (C=O) groups excluding carboxylic acids is 2. The normalized spacial score (nSPS) is 10.4. The fourth-order valence-electron chi connectivity index (χ4n) is 1.77. The fraction of sp³-hybridized carbons (Fsp3) is 0.188. The van der Waals surface area contributed by atoms with Gasteiger partial charge in [-0.3, -0.25) is 9.59 Å². The molecule has 2 rings (SSSR count). The van der Waals surface area contributed by atoms with Gasteiger partial charge in [-0.05, 0) is 24.3 Å². The molecule has 8 heteroatoms. The first kappa shape index (κ1) is 17.1. The maximum Gasteiger partial charge on any atom is 0.259 e. The van der Waals surface area contributed by atoms with E-state index in [1.165, 1.54) is 26.7 Å². The van der Waals surface area contributed by atoms with Crippen molar-refractivity contribution in [2.24, 2.45) is 5.10 Å². The van der Waals surface area contributed by atoms with Crippen molar-refractivity contribution in [1.29, 1.82) is 0 Å². The molecule has 1 aromatic carbocycles. The van der Waals surface area contributed by atoms with E-state index in [-0.39, 0.29) is 6.54 Å². The summed E-state index contributed by atoms with van der Waals surface area (Å²) in [7, 11) is 2.97. The first-order valence-corrected chi connectivity index (χ1v) is 6.99. The predicted molar refractivity (Wildman–Crippen MR) is 86.3 cm³/mol. The minimum absolute atomic E-state index is 0.228. The van der Waals surface area contributed by atoms with Gasteiger partial charge in [0.2, 0.25) is 0 Å². The highest BCUT2D eigenvalue weighted by atomic mass is 16.5. The van der Waals surface area contributed by atoms with Crippen LogP contribution in [0.4, 0.5) is 0 Å². The van der Waals surface area contributed by atoms with Crippen LogP contribution in [0.1, 0.15) is 16.1 Å². The summed E-state index contributed by atoms with van der Waals surface area (Å²) in [4.78, 5) is 23.7. The van der Waals surface area contributed by atoms with Crippen molar-refractivity contribution in [2.75, 3.05) is 20.8 Å². The number of nitrogens with one attached hydrogen (secondary N) is 2. The van der Waals surface area contributed by atoms with Crippen molar-refractivity contribution in [3.63, 3.8) is 0 Å². The lowest BCUT2D eigenvalue weighted by molar-refractivity contribution is -0.120. The lowest BCUT2D eigenvalue weighted by Crippen LogP contribution is -2.34. The molecule has 0 saturated heterocycles. The van der Waals surface area contributed by atoms with Gasteiger partial charge in [-0.25, -0.2) is 5.43 Å². The predicted octanol–water partition coefficient (Wildman–Crippen LogP) is 1.18. The lowest BCUT2D eigenvalue weighted by Gasteiger charge is -2.08. The Bertz CT molecular complexity index is 703. The number of hydrogen-bond acceptors (Lipinski definition) is 6. The highest BCUT2D eigenvalue weighted by Gasteiger charge is 2.11. The molecule has 0 aliphatic rings. The maximum absolute atomic E-state index is 12.1. The number of methoxy groups -OCH3 is 2. The molecule has 0 aliphatic carbocycles. The van der Waals surface area contributed by atoms with Crippen molar-refractivity contribution >= 4 is 18.0 Å². The van der Waals surface area contributed by atoms with E-state index in [2.05, 4.69) is 15.8 Å². The molecule has 0 spiro atoms. The molecule has 0 atom stereocenters. The molecule has 1 heterocycles. The first-order chi connectivity index (χ1) is 11.6. The Morgan fingerprint density at radius 2 is 1.92 bits per heavy atom. The van der Waals surface area contributed by atoms with E-state index in [0.29, 0.717) is 22.8 Å². The molecule has 0 radical (unpaired) electrons. The number of rotatable bonds is 7. The fourth-order valence-corrected chi connectivity index (χ4v) is 1.77. The number of carbonyl (C=O) groups is 2. The molecule has 1 aromatic heterocycles. The van der Waals surface area contributed by atoms with Gasteiger partial charge in [0.1, 0.15) is 17.3 Å². The summed E-state index contributed by atoms with van der Waals surface area (Å²) in [5.74, 6) is 0.556. The van der Waals surface area contributed by atoms with Crippen LogP contribution in [0, 0.1) is 0 Å². The SMILES string of the molecule is COc1cc(OC)cc(C(=O)NCC(=O)N/N=C\c2ccco2)c1. The zero-order valence-corrected chi connectivity index (χ0v) is 13.2. The van der Waals surface area contributed by atoms with Crippen LogP contribution >= 0.6 is 0 Å². The van der Waals surface area contributed by atoms with Crippen LogP contribution in [-0.4, -0.2) is 38.8 Å². The average Bonchev–Trinajstić information content (AvgIpc) is 3.12. The van der Waals surface area contributed by atoms with E-state index < -0.39 is 11.8 Å². The van der Waals surface area contributed by atoms with Gasteiger partial charge in [-0.15, -0.1) is 0 Å². The third-order valence-corrected chi connectivity index (χ3v) is 2.95. The molecule has 0 saturated carbocycles. The van der Waals surface area contributed by atoms with Crippen LogP contribution in [0.5, 0.6) is 11.5 Å². The van der Waals surface area contributed by atoms with E-state index >= 15 is 0 Å². The monoisotopic (exact) mass is 331 g/mol. The summed E-state index contributed by atoms with van der Waals surface area (Å²) in [6.07, 6.45) is 2.85. The Morgan fingerprint density at radius 1 is 1.21 bits per heavy atom. The zero-order valence-electron chi connectivity index (χ0n) is 13.2. The molecule has 126 valence electrons. The number of ether oxygens (including phenoxy) is 2. The van der Waals surface area contributed by atoms with E-state index in [4.69, 9.17) is 13.9 Å². The number of benzene rings is 1. The molecule has 0 bridgehead atoms. The second-order valence-corrected chi connectivity index (χ2v) is 4.59. The Balaban J connectivity index is 1.87. The van der Waals surface area contributed by atoms with Gasteiger partial charge in [0, 0.05) is 11.6 Å². The molecule has 8 nitrogen and oxygen atoms in total. The largest absolute Gasteiger partial charge is 0.497 e. The number of hydrazone groups is 1. The van der Waals surface area contributed by atoms with E-state index in [0.717, 1.165) is 0 Å². The van der Waals surface area contributed by atoms with Gasteiger partial charge in [0.25, 0.3) is 11.8 Å². The van der Waals surface area contributed by atoms with Gasteiger partial charge in [-0.2, -0.15) is 5.10 Å². The zero-order chi connectivity index (χ0) is 17.4. The molecule has 2 N–H and O–H groups in total. The molecule has 0 aliphatic heterocycles. The Labute approximate surface area is 138 Å². The van der Waals surface area contributed by atoms with Crippen LogP contribution in [0.3, 0.4) is 0 Å². The Morgan fingerprint density at radius 3 is 2.50 bits per heavy atom. The topological polar surface area (TPSA) is 102 Å². The highest BCUT2D eigenvalue weighted by Crippen LogP contribution is 2.22. The van der Waals surface area contributed by atoms with Gasteiger partial charge in [0.05, 0.1) is 33.2 Å². The molecule has 0 unspecified atom stereocenters. The van der Waals surface area contributed by atoms with Gasteiger partial charge in [-0.1, -0.05) is 0 Å². The Hall–Kier alpha value is -3.29. The minimum atomic E-state index is -0.471. The second kappa shape index (κ2) is 8.37. The van der Waals surface area contributed by atoms with Crippen molar-refractivity contribution < 1.29 is 23.5 Å². The number of furan rings is 1. The summed E-state index contributed by atoms with van der Waals surface area (Å²) in [6.45, 7) is -0.228. The maximum atomic E-state index is 12.1. The molecule has 2 aromatic rings. The molecule has 24 heavy (non-hydrogen) atoms. The molecule has 0 fully saturated rings. The third kappa shape index (κ3) is 4.87. The summed E-state index contributed by atoms with van der Waals surface area (Å²) < 4.78 is 15.2. The van der Waals surface area contributed by atoms with Crippen molar-refractivity contribution in [1.82, 2.24) is 10.7 Å². The third-order valence-electron chi connectivity index (χ3n) is 2.95. The van der Waals surface area contributed by atoms with Crippen LogP contribution in [0.2, 0.25) is 0 Å². The minimum Gasteiger partial charge on any atom is -0.497 e. The van der Waals surface area contributed by atoms with Gasteiger partial charge >= 0.3 is 0 Å². The van der Waals surface area contributed by atoms with E-state index in [1.54, 1.807) is 30.3 Å². The van der Waals surface area contributed by atoms with Crippen LogP contribution in [0.25, 0.3) is 0 Å². The summed E-state index contributed by atoms with van der Waals surface area (Å²) in [6, 6.07) is 8.13. The van der Waals surface area contributed by atoms with Crippen molar-refractivity contribution in [3.8, 4) is 11.5 Å².